The second kappa shape index (κ2) is 10.8. The molecule has 210 valence electrons. The van der Waals surface area contributed by atoms with Crippen molar-refractivity contribution in [3.05, 3.63) is 106 Å². The molecular formula is C32H27BrN6O3. The third-order valence-electron chi connectivity index (χ3n) is 8.26. The molecule has 3 heterocycles. The van der Waals surface area contributed by atoms with Gasteiger partial charge in [0.2, 0.25) is 0 Å². The average Bonchev–Trinajstić information content (AvgIpc) is 3.67. The van der Waals surface area contributed by atoms with Crippen LogP contribution in [0.1, 0.15) is 36.4 Å². The first-order valence-electron chi connectivity index (χ1n) is 14.0. The molecule has 0 unspecified atom stereocenters. The third-order valence-corrected chi connectivity index (χ3v) is 8.75. The second-order valence-corrected chi connectivity index (χ2v) is 11.8. The van der Waals surface area contributed by atoms with Crippen molar-refractivity contribution >= 4 is 51.1 Å². The van der Waals surface area contributed by atoms with Gasteiger partial charge in [-0.2, -0.15) is 10.2 Å². The van der Waals surface area contributed by atoms with Gasteiger partial charge in [-0.15, -0.1) is 0 Å². The smallest absolute Gasteiger partial charge is 0.264 e. The van der Waals surface area contributed by atoms with Gasteiger partial charge in [-0.3, -0.25) is 19.4 Å². The van der Waals surface area contributed by atoms with E-state index in [1.54, 1.807) is 23.2 Å². The van der Waals surface area contributed by atoms with Crippen LogP contribution < -0.4 is 4.90 Å². The largest absolute Gasteiger partial charge is 0.271 e. The zero-order valence-electron chi connectivity index (χ0n) is 22.6. The summed E-state index contributed by atoms with van der Waals surface area (Å²) in [6.07, 6.45) is 4.97. The van der Waals surface area contributed by atoms with Gasteiger partial charge in [-0.1, -0.05) is 87.9 Å². The highest BCUT2D eigenvalue weighted by atomic mass is 79.9. The summed E-state index contributed by atoms with van der Waals surface area (Å²) >= 11 is 3.40. The molecule has 4 atom stereocenters. The Labute approximate surface area is 251 Å². The Morgan fingerprint density at radius 1 is 0.929 bits per heavy atom. The number of halogens is 1. The maximum absolute atomic E-state index is 14.0. The Hall–Kier alpha value is -4.44. The van der Waals surface area contributed by atoms with E-state index in [9.17, 15) is 14.4 Å². The van der Waals surface area contributed by atoms with Gasteiger partial charge in [0.05, 0.1) is 17.4 Å². The van der Waals surface area contributed by atoms with Gasteiger partial charge in [0.1, 0.15) is 6.54 Å². The summed E-state index contributed by atoms with van der Waals surface area (Å²) in [7, 11) is 0. The molecule has 9 nitrogen and oxygen atoms in total. The minimum atomic E-state index is -0.984. The van der Waals surface area contributed by atoms with Crippen LogP contribution in [0.25, 0.3) is 6.08 Å². The van der Waals surface area contributed by atoms with Gasteiger partial charge in [0.15, 0.2) is 12.1 Å². The maximum Gasteiger partial charge on any atom is 0.264 e. The Bertz CT molecular complexity index is 1660. The van der Waals surface area contributed by atoms with E-state index in [4.69, 9.17) is 5.10 Å². The Morgan fingerprint density at radius 2 is 1.69 bits per heavy atom. The molecule has 1 saturated carbocycles. The summed E-state index contributed by atoms with van der Waals surface area (Å²) in [5, 5.41) is 16.1. The zero-order valence-corrected chi connectivity index (χ0v) is 24.2. The summed E-state index contributed by atoms with van der Waals surface area (Å²) in [6, 6.07) is 24.8. The molecule has 0 N–H and O–H groups in total. The molecule has 3 aromatic carbocycles. The number of anilines is 1. The lowest BCUT2D eigenvalue weighted by molar-refractivity contribution is -0.136. The highest BCUT2D eigenvalue weighted by Crippen LogP contribution is 2.44. The van der Waals surface area contributed by atoms with Crippen molar-refractivity contribution < 1.29 is 14.4 Å². The first kappa shape index (κ1) is 26.5. The number of hydrogen-bond acceptors (Lipinski definition) is 7. The fraction of sp³-hybridized carbons (Fsp3) is 0.250. The lowest BCUT2D eigenvalue weighted by Gasteiger charge is -2.30. The number of rotatable bonds is 5. The molecule has 0 aromatic heterocycles. The number of hydrazone groups is 1. The van der Waals surface area contributed by atoms with Crippen molar-refractivity contribution in [3.63, 3.8) is 0 Å². The van der Waals surface area contributed by atoms with E-state index in [-0.39, 0.29) is 24.4 Å². The van der Waals surface area contributed by atoms with Gasteiger partial charge in [-0.25, -0.2) is 9.91 Å². The van der Waals surface area contributed by atoms with Gasteiger partial charge < -0.3 is 0 Å². The number of imide groups is 1. The van der Waals surface area contributed by atoms with Gasteiger partial charge >= 0.3 is 0 Å². The Kier molecular flexibility index (Phi) is 6.78. The molecule has 3 aliphatic heterocycles. The lowest BCUT2D eigenvalue weighted by atomic mass is 9.77. The van der Waals surface area contributed by atoms with Crippen LogP contribution in [0.2, 0.25) is 0 Å². The molecule has 7 rings (SSSR count). The molecule has 0 bridgehead atoms. The number of fused-ring (bicyclic) bond motifs is 2. The van der Waals surface area contributed by atoms with Crippen molar-refractivity contribution in [2.24, 2.45) is 21.4 Å². The summed E-state index contributed by atoms with van der Waals surface area (Å²) in [6.45, 7) is -0.222. The van der Waals surface area contributed by atoms with Crippen LogP contribution in [0.3, 0.4) is 0 Å². The van der Waals surface area contributed by atoms with Crippen molar-refractivity contribution in [1.82, 2.24) is 10.0 Å². The molecule has 0 spiro atoms. The Balaban J connectivity index is 1.18. The van der Waals surface area contributed by atoms with Crippen molar-refractivity contribution in [2.75, 3.05) is 11.4 Å². The lowest BCUT2D eigenvalue weighted by Crippen LogP contribution is -2.45. The molecule has 1 aliphatic carbocycles. The monoisotopic (exact) mass is 622 g/mol. The normalized spacial score (nSPS) is 25.7. The van der Waals surface area contributed by atoms with E-state index < -0.39 is 23.9 Å². The minimum absolute atomic E-state index is 0.0507. The second-order valence-electron chi connectivity index (χ2n) is 10.8. The van der Waals surface area contributed by atoms with E-state index >= 15 is 0 Å². The molecule has 3 amide bonds. The van der Waals surface area contributed by atoms with E-state index in [1.165, 1.54) is 5.01 Å². The van der Waals surface area contributed by atoms with Crippen LogP contribution in [0.5, 0.6) is 0 Å². The summed E-state index contributed by atoms with van der Waals surface area (Å²) in [4.78, 5) is 41.8. The number of amides is 3. The molecule has 1 saturated heterocycles. The summed E-state index contributed by atoms with van der Waals surface area (Å²) in [5.41, 5.74) is 4.62. The molecule has 10 heteroatoms. The quantitative estimate of drug-likeness (QED) is 0.348. The van der Waals surface area contributed by atoms with Gasteiger partial charge in [0.25, 0.3) is 17.7 Å². The van der Waals surface area contributed by atoms with E-state index in [0.717, 1.165) is 51.0 Å². The first-order chi connectivity index (χ1) is 20.5. The van der Waals surface area contributed by atoms with Crippen LogP contribution in [-0.4, -0.2) is 52.1 Å². The van der Waals surface area contributed by atoms with Crippen molar-refractivity contribution in [2.45, 2.75) is 37.4 Å². The predicted octanol–water partition coefficient (Wildman–Crippen LogP) is 5.57. The Morgan fingerprint density at radius 3 is 2.45 bits per heavy atom. The zero-order chi connectivity index (χ0) is 28.8. The molecule has 4 aliphatic rings. The highest BCUT2D eigenvalue weighted by molar-refractivity contribution is 9.10. The first-order valence-corrected chi connectivity index (χ1v) is 14.8. The number of benzene rings is 3. The number of carbonyl (C=O) groups is 3. The highest BCUT2D eigenvalue weighted by Gasteiger charge is 2.55. The average molecular weight is 624 g/mol. The topological polar surface area (TPSA) is 98.0 Å². The molecular weight excluding hydrogens is 596 g/mol. The van der Waals surface area contributed by atoms with Gasteiger partial charge in [0, 0.05) is 10.4 Å². The number of hydrogen-bond donors (Lipinski definition) is 0. The molecule has 0 radical (unpaired) electrons. The summed E-state index contributed by atoms with van der Waals surface area (Å²) in [5.74, 6) is -1.15. The van der Waals surface area contributed by atoms with E-state index in [1.807, 2.05) is 54.6 Å². The molecule has 2 fully saturated rings. The van der Waals surface area contributed by atoms with Crippen LogP contribution in [-0.2, 0) is 14.4 Å². The number of carbonyl (C=O) groups excluding carboxylic acids is 3. The molecule has 42 heavy (non-hydrogen) atoms. The SMILES string of the molecule is O=C1[C@@H]2N=NN(CC(=O)N3N=C4/C(=C/c5ccccc5)CCC[C@@H]4[C@@H]3c3ccccc3)[C@H]2C(=O)N1c1cccc(Br)c1. The van der Waals surface area contributed by atoms with E-state index in [2.05, 4.69) is 44.5 Å². The predicted molar refractivity (Wildman–Crippen MR) is 161 cm³/mol. The van der Waals surface area contributed by atoms with Gasteiger partial charge in [-0.05, 0) is 60.2 Å². The fourth-order valence-electron chi connectivity index (χ4n) is 6.38. The minimum Gasteiger partial charge on any atom is -0.271 e. The number of allylic oxidation sites excluding steroid dienone is 1. The standard InChI is InChI=1S/C32H27BrN6O3/c33-23-14-8-15-24(18-23)38-31(41)28-30(32(38)42)37(36-34-28)19-26(40)39-29(21-11-5-2-6-12-21)25-16-7-13-22(27(25)35-39)17-20-9-3-1-4-10-20/h1-6,8-12,14-15,17-18,25,28-30H,7,13,16,19H2/b22-17+/t25-,28+,29-,30+/m0/s1. The molecule has 3 aromatic rings. The summed E-state index contributed by atoms with van der Waals surface area (Å²) < 4.78 is 0.744. The maximum atomic E-state index is 14.0. The van der Waals surface area contributed by atoms with Crippen LogP contribution in [0, 0.1) is 5.92 Å². The van der Waals surface area contributed by atoms with Crippen LogP contribution in [0.4, 0.5) is 5.69 Å². The van der Waals surface area contributed by atoms with E-state index in [0.29, 0.717) is 5.69 Å². The third kappa shape index (κ3) is 4.56. The van der Waals surface area contributed by atoms with Crippen LogP contribution >= 0.6 is 15.9 Å². The van der Waals surface area contributed by atoms with Crippen molar-refractivity contribution in [3.8, 4) is 0 Å². The van der Waals surface area contributed by atoms with Crippen LogP contribution in [0.15, 0.2) is 110 Å². The van der Waals surface area contributed by atoms with Crippen molar-refractivity contribution in [1.29, 1.82) is 0 Å². The fourth-order valence-corrected chi connectivity index (χ4v) is 6.76. The number of nitrogens with zero attached hydrogens (tertiary/aromatic N) is 6.